The number of Topliss-reactive ketones (excluding diaryl/α,β-unsaturated/α-hetero) is 1. The van der Waals surface area contributed by atoms with E-state index in [1.165, 1.54) is 13.0 Å². The Bertz CT molecular complexity index is 811. The van der Waals surface area contributed by atoms with Crippen molar-refractivity contribution in [3.8, 4) is 0 Å². The second kappa shape index (κ2) is 7.58. The van der Waals surface area contributed by atoms with Crippen LogP contribution in [0.15, 0.2) is 12.7 Å². The van der Waals surface area contributed by atoms with Crippen LogP contribution in [-0.2, 0) is 19.1 Å². The molecule has 3 fully saturated rings. The fourth-order valence-corrected chi connectivity index (χ4v) is 6.69. The molecular formula is C23H36O9. The molecule has 5 N–H and O–H groups in total. The normalized spacial score (nSPS) is 48.9. The van der Waals surface area contributed by atoms with Gasteiger partial charge in [0.1, 0.15) is 17.8 Å². The average Bonchev–Trinajstić information content (AvgIpc) is 2.71. The molecule has 0 spiro atoms. The number of rotatable bonds is 4. The van der Waals surface area contributed by atoms with E-state index in [0.717, 1.165) is 0 Å². The predicted molar refractivity (Wildman–Crippen MR) is 112 cm³/mol. The fraction of sp³-hybridized carbons (Fsp3) is 0.826. The van der Waals surface area contributed by atoms with E-state index in [0.29, 0.717) is 6.42 Å². The third kappa shape index (κ3) is 3.05. The molecule has 32 heavy (non-hydrogen) atoms. The van der Waals surface area contributed by atoms with Crippen molar-refractivity contribution in [2.24, 2.45) is 16.7 Å². The summed E-state index contributed by atoms with van der Waals surface area (Å²) in [5, 5.41) is 53.8. The molecule has 0 bridgehead atoms. The number of fused-ring (bicyclic) bond motifs is 3. The van der Waals surface area contributed by atoms with Crippen LogP contribution in [-0.4, -0.2) is 85.1 Å². The Hall–Kier alpha value is -1.36. The molecule has 3 rings (SSSR count). The molecule has 1 saturated heterocycles. The van der Waals surface area contributed by atoms with Crippen molar-refractivity contribution in [3.05, 3.63) is 12.7 Å². The van der Waals surface area contributed by atoms with Crippen LogP contribution in [0.1, 0.15) is 53.9 Å². The van der Waals surface area contributed by atoms with Crippen molar-refractivity contribution in [3.63, 3.8) is 0 Å². The Morgan fingerprint density at radius 1 is 1.28 bits per heavy atom. The molecule has 9 heteroatoms. The molecule has 2 saturated carbocycles. The van der Waals surface area contributed by atoms with Crippen molar-refractivity contribution >= 4 is 11.8 Å². The summed E-state index contributed by atoms with van der Waals surface area (Å²) in [6.45, 7) is 11.1. The van der Waals surface area contributed by atoms with Gasteiger partial charge in [-0.25, -0.2) is 4.79 Å². The van der Waals surface area contributed by atoms with E-state index in [2.05, 4.69) is 6.58 Å². The first-order valence-corrected chi connectivity index (χ1v) is 11.0. The highest BCUT2D eigenvalue weighted by Gasteiger charge is 2.81. The first-order valence-electron chi connectivity index (χ1n) is 11.0. The summed E-state index contributed by atoms with van der Waals surface area (Å²) in [5.41, 5.74) is -7.73. The highest BCUT2D eigenvalue weighted by atomic mass is 16.6. The van der Waals surface area contributed by atoms with Crippen molar-refractivity contribution in [2.75, 3.05) is 6.61 Å². The molecule has 0 radical (unpaired) electrons. The number of aliphatic hydroxyl groups is 5. The van der Waals surface area contributed by atoms with Crippen LogP contribution < -0.4 is 0 Å². The Morgan fingerprint density at radius 2 is 1.88 bits per heavy atom. The lowest BCUT2D eigenvalue weighted by molar-refractivity contribution is -0.370. The number of hydrogen-bond donors (Lipinski definition) is 5. The summed E-state index contributed by atoms with van der Waals surface area (Å²) in [5.74, 6) is -2.63. The molecule has 1 heterocycles. The zero-order valence-corrected chi connectivity index (χ0v) is 19.4. The van der Waals surface area contributed by atoms with Gasteiger partial charge in [-0.2, -0.15) is 0 Å². The van der Waals surface area contributed by atoms with E-state index in [4.69, 9.17) is 14.6 Å². The summed E-state index contributed by atoms with van der Waals surface area (Å²) >= 11 is 0. The summed E-state index contributed by atoms with van der Waals surface area (Å²) in [6.07, 6.45) is -4.07. The zero-order valence-electron chi connectivity index (χ0n) is 19.4. The molecule has 2 unspecified atom stereocenters. The minimum Gasteiger partial charge on any atom is -0.457 e. The van der Waals surface area contributed by atoms with E-state index in [1.807, 2.05) is 13.8 Å². The van der Waals surface area contributed by atoms with Crippen LogP contribution in [0.4, 0.5) is 0 Å². The van der Waals surface area contributed by atoms with Crippen LogP contribution >= 0.6 is 0 Å². The summed E-state index contributed by atoms with van der Waals surface area (Å²) in [7, 11) is 0. The number of carbonyl (C=O) groups excluding carboxylic acids is 2. The van der Waals surface area contributed by atoms with Gasteiger partial charge in [0.25, 0.3) is 0 Å². The van der Waals surface area contributed by atoms with Gasteiger partial charge >= 0.3 is 5.97 Å². The SMILES string of the molecule is C=C[C@@]1(C)CC(=O)[C@]2(O)[C@@]3(C)[C@@H](O)CCC(C)(C)[C@@H]3C(OC(=O)C(O)CO)[C@H](O)[C@@]2(C)O1. The summed E-state index contributed by atoms with van der Waals surface area (Å²) < 4.78 is 11.7. The predicted octanol–water partition coefficient (Wildman–Crippen LogP) is -0.147. The molecule has 9 atom stereocenters. The highest BCUT2D eigenvalue weighted by Crippen LogP contribution is 2.67. The topological polar surface area (TPSA) is 154 Å². The maximum atomic E-state index is 13.6. The molecule has 0 aromatic carbocycles. The lowest BCUT2D eigenvalue weighted by Crippen LogP contribution is -2.86. The van der Waals surface area contributed by atoms with Gasteiger partial charge in [0.05, 0.1) is 18.3 Å². The lowest BCUT2D eigenvalue weighted by Gasteiger charge is -2.71. The number of esters is 1. The quantitative estimate of drug-likeness (QED) is 0.287. The monoisotopic (exact) mass is 456 g/mol. The number of ether oxygens (including phenoxy) is 2. The smallest absolute Gasteiger partial charge is 0.337 e. The standard InChI is InChI=1S/C23H36O9/c1-7-20(4)10-14(27)23(30)21(5)13(26)8-9-19(2,3)16(21)15(17(28)22(23,6)32-20)31-18(29)12(25)11-24/h7,12-13,15-17,24-26,28,30H,1,8-11H2,2-6H3/t12?,13-,15?,16-,17-,20-,21-,22+,23-/m0/s1. The molecular weight excluding hydrogens is 420 g/mol. The van der Waals surface area contributed by atoms with Gasteiger partial charge in [-0.3, -0.25) is 4.79 Å². The van der Waals surface area contributed by atoms with Gasteiger partial charge < -0.3 is 35.0 Å². The minimum absolute atomic E-state index is 0.210. The minimum atomic E-state index is -2.30. The van der Waals surface area contributed by atoms with E-state index in [9.17, 15) is 30.0 Å². The number of ketones is 1. The zero-order chi connectivity index (χ0) is 24.5. The first kappa shape index (κ1) is 25.3. The van der Waals surface area contributed by atoms with Gasteiger partial charge in [-0.05, 0) is 32.1 Å². The van der Waals surface area contributed by atoms with E-state index < -0.39 is 76.3 Å². The van der Waals surface area contributed by atoms with Gasteiger partial charge in [-0.1, -0.05) is 26.8 Å². The third-order valence-corrected chi connectivity index (χ3v) is 8.43. The fourth-order valence-electron chi connectivity index (χ4n) is 6.69. The summed E-state index contributed by atoms with van der Waals surface area (Å²) in [4.78, 5) is 26.1. The Morgan fingerprint density at radius 3 is 2.41 bits per heavy atom. The van der Waals surface area contributed by atoms with Crippen LogP contribution in [0, 0.1) is 16.7 Å². The third-order valence-electron chi connectivity index (χ3n) is 8.43. The second-order valence-electron chi connectivity index (χ2n) is 10.9. The van der Waals surface area contributed by atoms with Crippen LogP contribution in [0.25, 0.3) is 0 Å². The Labute approximate surface area is 188 Å². The lowest BCUT2D eigenvalue weighted by atomic mass is 9.40. The molecule has 1 aliphatic heterocycles. The first-order chi connectivity index (χ1) is 14.6. The van der Waals surface area contributed by atoms with E-state index in [1.54, 1.807) is 13.8 Å². The molecule has 0 aromatic rings. The molecule has 182 valence electrons. The largest absolute Gasteiger partial charge is 0.457 e. The molecule has 0 aromatic heterocycles. The van der Waals surface area contributed by atoms with E-state index in [-0.39, 0.29) is 12.8 Å². The van der Waals surface area contributed by atoms with E-state index >= 15 is 0 Å². The number of aliphatic hydroxyl groups excluding tert-OH is 4. The molecule has 2 aliphatic carbocycles. The highest BCUT2D eigenvalue weighted by molar-refractivity contribution is 5.92. The van der Waals surface area contributed by atoms with Crippen LogP contribution in [0.5, 0.6) is 0 Å². The average molecular weight is 457 g/mol. The van der Waals surface area contributed by atoms with Crippen LogP contribution in [0.2, 0.25) is 0 Å². The van der Waals surface area contributed by atoms with Gasteiger partial charge in [0.2, 0.25) is 0 Å². The van der Waals surface area contributed by atoms with Gasteiger partial charge in [-0.15, -0.1) is 6.58 Å². The molecule has 0 amide bonds. The second-order valence-corrected chi connectivity index (χ2v) is 10.9. The number of hydrogen-bond acceptors (Lipinski definition) is 9. The maximum Gasteiger partial charge on any atom is 0.337 e. The Kier molecular flexibility index (Phi) is 5.98. The maximum absolute atomic E-state index is 13.6. The van der Waals surface area contributed by atoms with Crippen molar-refractivity contribution in [1.29, 1.82) is 0 Å². The van der Waals surface area contributed by atoms with Crippen molar-refractivity contribution in [2.45, 2.75) is 95.1 Å². The number of carbonyl (C=O) groups is 2. The van der Waals surface area contributed by atoms with Gasteiger partial charge in [0, 0.05) is 17.8 Å². The van der Waals surface area contributed by atoms with Crippen LogP contribution in [0.3, 0.4) is 0 Å². The Balaban J connectivity index is 2.27. The van der Waals surface area contributed by atoms with Crippen molar-refractivity contribution < 1.29 is 44.6 Å². The molecule has 3 aliphatic rings. The summed E-state index contributed by atoms with van der Waals surface area (Å²) in [6, 6.07) is 0. The van der Waals surface area contributed by atoms with Gasteiger partial charge in [0.15, 0.2) is 17.5 Å². The molecule has 9 nitrogen and oxygen atoms in total. The van der Waals surface area contributed by atoms with Crippen molar-refractivity contribution in [1.82, 2.24) is 0 Å².